The molecule has 2 N–H and O–H groups in total. The van der Waals surface area contributed by atoms with Gasteiger partial charge >= 0.3 is 11.9 Å². The number of aliphatic carboxylic acids is 1. The van der Waals surface area contributed by atoms with Crippen LogP contribution in [0.25, 0.3) is 0 Å². The van der Waals surface area contributed by atoms with Crippen molar-refractivity contribution in [3.05, 3.63) is 48.6 Å². The number of ether oxygens (including phenoxy) is 1. The van der Waals surface area contributed by atoms with E-state index in [1.807, 2.05) is 6.08 Å². The highest BCUT2D eigenvalue weighted by Gasteiger charge is 2.11. The van der Waals surface area contributed by atoms with Gasteiger partial charge in [0.1, 0.15) is 12.6 Å². The number of rotatable bonds is 32. The molecular weight excluding hydrogens is 562 g/mol. The van der Waals surface area contributed by atoms with Gasteiger partial charge in [-0.05, 0) is 76.7 Å². The highest BCUT2D eigenvalue weighted by atomic mass is 16.5. The van der Waals surface area contributed by atoms with Crippen molar-refractivity contribution in [2.24, 2.45) is 0 Å². The van der Waals surface area contributed by atoms with E-state index in [9.17, 15) is 14.4 Å². The summed E-state index contributed by atoms with van der Waals surface area (Å²) in [4.78, 5) is 34.5. The fourth-order valence-electron chi connectivity index (χ4n) is 4.97. The zero-order chi connectivity index (χ0) is 33.1. The van der Waals surface area contributed by atoms with Crippen molar-refractivity contribution >= 4 is 17.8 Å². The molecule has 1 unspecified atom stereocenters. The number of carboxylic acid groups (broad SMARTS) is 1. The minimum absolute atomic E-state index is 0.107. The van der Waals surface area contributed by atoms with Crippen molar-refractivity contribution in [2.45, 2.75) is 174 Å². The second-order valence-corrected chi connectivity index (χ2v) is 12.1. The molecule has 1 atom stereocenters. The molecule has 0 saturated heterocycles. The number of nitrogens with one attached hydrogen (secondary N) is 1. The van der Waals surface area contributed by atoms with Crippen molar-refractivity contribution < 1.29 is 24.2 Å². The second kappa shape index (κ2) is 34.2. The third-order valence-electron chi connectivity index (χ3n) is 7.69. The zero-order valence-corrected chi connectivity index (χ0v) is 29.0. The second-order valence-electron chi connectivity index (χ2n) is 12.1. The molecule has 0 aromatic carbocycles. The Kier molecular flexibility index (Phi) is 32.2. The average molecular weight is 630 g/mol. The molecule has 0 aromatic heterocycles. The van der Waals surface area contributed by atoms with Gasteiger partial charge in [-0.2, -0.15) is 0 Å². The van der Waals surface area contributed by atoms with Crippen LogP contribution in [0, 0.1) is 0 Å². The number of esters is 1. The molecule has 0 rings (SSSR count). The van der Waals surface area contributed by atoms with Crippen LogP contribution in [-0.4, -0.2) is 35.6 Å². The molecule has 45 heavy (non-hydrogen) atoms. The lowest BCUT2D eigenvalue weighted by Gasteiger charge is -2.15. The SMILES string of the molecule is CCC/C=C\C(CCCCCCC(=O)NCC(=O)O)OC(=O)CCCCCCCC/C=C\C/C=C\C/C=C\CCCCCCC. The lowest BCUT2D eigenvalue weighted by atomic mass is 10.1. The molecule has 0 saturated carbocycles. The summed E-state index contributed by atoms with van der Waals surface area (Å²) in [7, 11) is 0. The fourth-order valence-corrected chi connectivity index (χ4v) is 4.97. The number of unbranched alkanes of at least 4 members (excludes halogenated alkanes) is 15. The van der Waals surface area contributed by atoms with Gasteiger partial charge in [0.15, 0.2) is 0 Å². The van der Waals surface area contributed by atoms with Crippen LogP contribution in [0.1, 0.15) is 168 Å². The summed E-state index contributed by atoms with van der Waals surface area (Å²) in [6.07, 6.45) is 42.8. The van der Waals surface area contributed by atoms with Crippen molar-refractivity contribution in [1.29, 1.82) is 0 Å². The van der Waals surface area contributed by atoms with Crippen LogP contribution in [0.5, 0.6) is 0 Å². The molecule has 258 valence electrons. The quantitative estimate of drug-likeness (QED) is 0.0439. The molecule has 0 heterocycles. The summed E-state index contributed by atoms with van der Waals surface area (Å²) in [5.41, 5.74) is 0. The van der Waals surface area contributed by atoms with Crippen LogP contribution >= 0.6 is 0 Å². The predicted octanol–water partition coefficient (Wildman–Crippen LogP) is 10.7. The number of hydrogen-bond acceptors (Lipinski definition) is 4. The monoisotopic (exact) mass is 630 g/mol. The summed E-state index contributed by atoms with van der Waals surface area (Å²) >= 11 is 0. The van der Waals surface area contributed by atoms with Crippen LogP contribution in [0.4, 0.5) is 0 Å². The minimum atomic E-state index is -1.03. The van der Waals surface area contributed by atoms with Crippen LogP contribution in [0.3, 0.4) is 0 Å². The van der Waals surface area contributed by atoms with E-state index in [0.717, 1.165) is 77.0 Å². The van der Waals surface area contributed by atoms with Crippen LogP contribution in [0.2, 0.25) is 0 Å². The standard InChI is InChI=1S/C39H67NO5/c1-3-5-7-8-9-10-11-12-13-14-15-16-17-18-19-20-21-22-23-24-30-34-39(44)45-36(31-27-6-4-2)32-28-25-26-29-33-37(41)40-35-38(42)43/h11-12,14-15,17-18,27,31,36H,3-10,13,16,19-26,28-30,32-35H2,1-2H3,(H,40,41)(H,42,43)/b12-11-,15-14-,18-17-,31-27-. The topological polar surface area (TPSA) is 92.7 Å². The Labute approximate surface area is 276 Å². The van der Waals surface area contributed by atoms with E-state index in [0.29, 0.717) is 12.8 Å². The van der Waals surface area contributed by atoms with Gasteiger partial charge in [-0.3, -0.25) is 14.4 Å². The van der Waals surface area contributed by atoms with Crippen LogP contribution < -0.4 is 5.32 Å². The number of carbonyl (C=O) groups is 3. The Morgan fingerprint density at radius 3 is 1.73 bits per heavy atom. The molecule has 0 aliphatic heterocycles. The molecule has 0 radical (unpaired) electrons. The van der Waals surface area contributed by atoms with Gasteiger partial charge in [-0.1, -0.05) is 127 Å². The van der Waals surface area contributed by atoms with Gasteiger partial charge in [0.05, 0.1) is 0 Å². The van der Waals surface area contributed by atoms with Gasteiger partial charge in [0, 0.05) is 12.8 Å². The predicted molar refractivity (Wildman–Crippen MR) is 189 cm³/mol. The lowest BCUT2D eigenvalue weighted by molar-refractivity contribution is -0.147. The number of hydrogen-bond donors (Lipinski definition) is 2. The van der Waals surface area contributed by atoms with Gasteiger partial charge in [0.25, 0.3) is 0 Å². The third kappa shape index (κ3) is 34.1. The van der Waals surface area contributed by atoms with E-state index in [-0.39, 0.29) is 24.5 Å². The minimum Gasteiger partial charge on any atom is -0.480 e. The van der Waals surface area contributed by atoms with Crippen molar-refractivity contribution in [1.82, 2.24) is 5.32 Å². The highest BCUT2D eigenvalue weighted by molar-refractivity contribution is 5.80. The lowest BCUT2D eigenvalue weighted by Crippen LogP contribution is -2.28. The maximum atomic E-state index is 12.4. The first-order valence-corrected chi connectivity index (χ1v) is 18.3. The van der Waals surface area contributed by atoms with E-state index in [1.165, 1.54) is 64.2 Å². The first-order valence-electron chi connectivity index (χ1n) is 18.3. The Hall–Kier alpha value is -2.63. The summed E-state index contributed by atoms with van der Waals surface area (Å²) in [5, 5.41) is 11.0. The highest BCUT2D eigenvalue weighted by Crippen LogP contribution is 2.14. The molecule has 0 aliphatic rings. The largest absolute Gasteiger partial charge is 0.480 e. The summed E-state index contributed by atoms with van der Waals surface area (Å²) in [6, 6.07) is 0. The normalized spacial score (nSPS) is 12.6. The maximum absolute atomic E-state index is 12.4. The van der Waals surface area contributed by atoms with Crippen LogP contribution in [-0.2, 0) is 19.1 Å². The van der Waals surface area contributed by atoms with Crippen molar-refractivity contribution in [3.63, 3.8) is 0 Å². The summed E-state index contributed by atoms with van der Waals surface area (Å²) < 4.78 is 5.78. The third-order valence-corrected chi connectivity index (χ3v) is 7.69. The van der Waals surface area contributed by atoms with Crippen molar-refractivity contribution in [2.75, 3.05) is 6.54 Å². The molecule has 0 aliphatic carbocycles. The molecule has 6 heteroatoms. The number of carboxylic acids is 1. The molecule has 1 amide bonds. The Bertz CT molecular complexity index is 829. The van der Waals surface area contributed by atoms with Gasteiger partial charge < -0.3 is 15.2 Å². The Morgan fingerprint density at radius 2 is 1.13 bits per heavy atom. The smallest absolute Gasteiger partial charge is 0.322 e. The average Bonchev–Trinajstić information content (AvgIpc) is 3.02. The first-order chi connectivity index (χ1) is 22.0. The number of carbonyl (C=O) groups excluding carboxylic acids is 2. The van der Waals surface area contributed by atoms with Gasteiger partial charge in [-0.15, -0.1) is 0 Å². The van der Waals surface area contributed by atoms with Crippen molar-refractivity contribution in [3.8, 4) is 0 Å². The summed E-state index contributed by atoms with van der Waals surface area (Å²) in [6.45, 7) is 4.06. The van der Waals surface area contributed by atoms with Gasteiger partial charge in [-0.25, -0.2) is 0 Å². The Balaban J connectivity index is 3.83. The van der Waals surface area contributed by atoms with E-state index in [4.69, 9.17) is 9.84 Å². The van der Waals surface area contributed by atoms with Gasteiger partial charge in [0.2, 0.25) is 5.91 Å². The summed E-state index contributed by atoms with van der Waals surface area (Å²) in [5.74, 6) is -1.36. The molecule has 0 bridgehead atoms. The van der Waals surface area contributed by atoms with E-state index in [2.05, 4.69) is 61.7 Å². The van der Waals surface area contributed by atoms with Crippen LogP contribution in [0.15, 0.2) is 48.6 Å². The molecule has 0 aromatic rings. The molecule has 6 nitrogen and oxygen atoms in total. The maximum Gasteiger partial charge on any atom is 0.322 e. The fraction of sp³-hybridized carbons (Fsp3) is 0.718. The molecule has 0 spiro atoms. The van der Waals surface area contributed by atoms with E-state index >= 15 is 0 Å². The zero-order valence-electron chi connectivity index (χ0n) is 29.0. The first kappa shape index (κ1) is 42.4. The Morgan fingerprint density at radius 1 is 0.600 bits per heavy atom. The van der Waals surface area contributed by atoms with E-state index < -0.39 is 5.97 Å². The molecule has 0 fully saturated rings. The van der Waals surface area contributed by atoms with E-state index in [1.54, 1.807) is 0 Å². The molecular formula is C39H67NO5. The number of allylic oxidation sites excluding steroid dienone is 7. The number of amides is 1.